The van der Waals surface area contributed by atoms with Crippen LogP contribution in [0.5, 0.6) is 17.2 Å². The first-order valence-corrected chi connectivity index (χ1v) is 7.38. The van der Waals surface area contributed by atoms with Crippen molar-refractivity contribution in [2.45, 2.75) is 13.0 Å². The standard InChI is InChI=1S/C18H21NO4/c1-21-15-9-7-14(8-10-15)13-19-18(20)11-12-23-17-6-4-3-5-16(17)22-2/h3-10H,11-13H2,1-2H3,(H,19,20). The van der Waals surface area contributed by atoms with Crippen molar-refractivity contribution in [2.75, 3.05) is 20.8 Å². The molecule has 2 aromatic carbocycles. The van der Waals surface area contributed by atoms with Crippen molar-refractivity contribution in [3.8, 4) is 17.2 Å². The van der Waals surface area contributed by atoms with Crippen molar-refractivity contribution in [3.05, 3.63) is 54.1 Å². The molecule has 0 aliphatic carbocycles. The second kappa shape index (κ2) is 8.68. The van der Waals surface area contributed by atoms with E-state index in [1.807, 2.05) is 48.5 Å². The van der Waals surface area contributed by atoms with Gasteiger partial charge in [-0.1, -0.05) is 24.3 Å². The van der Waals surface area contributed by atoms with Crippen molar-refractivity contribution < 1.29 is 19.0 Å². The number of nitrogens with one attached hydrogen (secondary N) is 1. The van der Waals surface area contributed by atoms with E-state index < -0.39 is 0 Å². The molecule has 1 amide bonds. The Bertz CT molecular complexity index is 625. The third kappa shape index (κ3) is 5.21. The Labute approximate surface area is 136 Å². The highest BCUT2D eigenvalue weighted by molar-refractivity contribution is 5.76. The van der Waals surface area contributed by atoms with E-state index >= 15 is 0 Å². The van der Waals surface area contributed by atoms with E-state index in [9.17, 15) is 4.79 Å². The molecule has 0 aliphatic rings. The molecule has 0 atom stereocenters. The predicted octanol–water partition coefficient (Wildman–Crippen LogP) is 2.79. The van der Waals surface area contributed by atoms with Gasteiger partial charge in [-0.25, -0.2) is 0 Å². The lowest BCUT2D eigenvalue weighted by Crippen LogP contribution is -2.24. The van der Waals surface area contributed by atoms with Crippen molar-refractivity contribution in [1.29, 1.82) is 0 Å². The average molecular weight is 315 g/mol. The Balaban J connectivity index is 1.72. The van der Waals surface area contributed by atoms with E-state index in [1.165, 1.54) is 0 Å². The van der Waals surface area contributed by atoms with Gasteiger partial charge in [0, 0.05) is 6.54 Å². The van der Waals surface area contributed by atoms with Gasteiger partial charge in [-0.3, -0.25) is 4.79 Å². The fourth-order valence-electron chi connectivity index (χ4n) is 2.02. The van der Waals surface area contributed by atoms with Crippen LogP contribution in [0, 0.1) is 0 Å². The lowest BCUT2D eigenvalue weighted by Gasteiger charge is -2.10. The SMILES string of the molecule is COc1ccc(CNC(=O)CCOc2ccccc2OC)cc1. The molecule has 23 heavy (non-hydrogen) atoms. The summed E-state index contributed by atoms with van der Waals surface area (Å²) in [4.78, 5) is 11.8. The molecule has 0 spiro atoms. The van der Waals surface area contributed by atoms with Crippen molar-refractivity contribution in [2.24, 2.45) is 0 Å². The smallest absolute Gasteiger partial charge is 0.223 e. The van der Waals surface area contributed by atoms with Crippen LogP contribution < -0.4 is 19.5 Å². The minimum atomic E-state index is -0.0595. The molecule has 2 aromatic rings. The number of ether oxygens (including phenoxy) is 3. The summed E-state index contributed by atoms with van der Waals surface area (Å²) in [6.07, 6.45) is 0.286. The van der Waals surface area contributed by atoms with Gasteiger partial charge in [0.05, 0.1) is 27.2 Å². The predicted molar refractivity (Wildman–Crippen MR) is 87.9 cm³/mol. The molecule has 1 N–H and O–H groups in total. The zero-order valence-corrected chi connectivity index (χ0v) is 13.4. The molecule has 0 radical (unpaired) electrons. The summed E-state index contributed by atoms with van der Waals surface area (Å²) in [6.45, 7) is 0.784. The van der Waals surface area contributed by atoms with Gasteiger partial charge in [-0.05, 0) is 29.8 Å². The van der Waals surface area contributed by atoms with Gasteiger partial charge in [0.2, 0.25) is 5.91 Å². The molecular weight excluding hydrogens is 294 g/mol. The first-order valence-electron chi connectivity index (χ1n) is 7.38. The third-order valence-corrected chi connectivity index (χ3v) is 3.30. The number of methoxy groups -OCH3 is 2. The van der Waals surface area contributed by atoms with Crippen LogP contribution in [0.4, 0.5) is 0 Å². The van der Waals surface area contributed by atoms with Crippen LogP contribution in [0.3, 0.4) is 0 Å². The van der Waals surface area contributed by atoms with Crippen LogP contribution in [0.2, 0.25) is 0 Å². The molecule has 0 aromatic heterocycles. The van der Waals surface area contributed by atoms with E-state index in [4.69, 9.17) is 14.2 Å². The maximum Gasteiger partial charge on any atom is 0.223 e. The molecule has 5 heteroatoms. The Kier molecular flexibility index (Phi) is 6.29. The Morgan fingerprint density at radius 2 is 1.65 bits per heavy atom. The topological polar surface area (TPSA) is 56.8 Å². The lowest BCUT2D eigenvalue weighted by molar-refractivity contribution is -0.121. The van der Waals surface area contributed by atoms with Crippen LogP contribution in [-0.2, 0) is 11.3 Å². The molecule has 0 fully saturated rings. The van der Waals surface area contributed by atoms with E-state index in [0.29, 0.717) is 24.7 Å². The van der Waals surface area contributed by atoms with Gasteiger partial charge < -0.3 is 19.5 Å². The second-order valence-corrected chi connectivity index (χ2v) is 4.87. The summed E-state index contributed by atoms with van der Waals surface area (Å²) in [5.41, 5.74) is 1.02. The van der Waals surface area contributed by atoms with Gasteiger partial charge >= 0.3 is 0 Å². The summed E-state index contributed by atoms with van der Waals surface area (Å²) < 4.78 is 15.9. The van der Waals surface area contributed by atoms with Crippen molar-refractivity contribution in [3.63, 3.8) is 0 Å². The van der Waals surface area contributed by atoms with Crippen LogP contribution in [0.25, 0.3) is 0 Å². The Morgan fingerprint density at radius 1 is 0.957 bits per heavy atom. The summed E-state index contributed by atoms with van der Waals surface area (Å²) in [7, 11) is 3.21. The van der Waals surface area contributed by atoms with E-state index in [0.717, 1.165) is 11.3 Å². The van der Waals surface area contributed by atoms with Gasteiger partial charge in [0.1, 0.15) is 5.75 Å². The number of rotatable bonds is 8. The molecule has 0 aliphatic heterocycles. The maximum atomic E-state index is 11.8. The van der Waals surface area contributed by atoms with Crippen LogP contribution in [0.1, 0.15) is 12.0 Å². The van der Waals surface area contributed by atoms with Gasteiger partial charge in [0.15, 0.2) is 11.5 Å². The quantitative estimate of drug-likeness (QED) is 0.814. The zero-order chi connectivity index (χ0) is 16.5. The van der Waals surface area contributed by atoms with Crippen LogP contribution in [-0.4, -0.2) is 26.7 Å². The summed E-state index contributed by atoms with van der Waals surface area (Å²) in [6, 6.07) is 14.9. The number of benzene rings is 2. The minimum Gasteiger partial charge on any atom is -0.497 e. The molecular formula is C18H21NO4. The zero-order valence-electron chi connectivity index (χ0n) is 13.4. The number of amides is 1. The van der Waals surface area contributed by atoms with Gasteiger partial charge in [-0.2, -0.15) is 0 Å². The van der Waals surface area contributed by atoms with Crippen LogP contribution in [0.15, 0.2) is 48.5 Å². The monoisotopic (exact) mass is 315 g/mol. The normalized spacial score (nSPS) is 10.0. The number of carbonyl (C=O) groups excluding carboxylic acids is 1. The fraction of sp³-hybridized carbons (Fsp3) is 0.278. The van der Waals surface area contributed by atoms with Crippen LogP contribution >= 0.6 is 0 Å². The molecule has 0 unspecified atom stereocenters. The number of hydrogen-bond acceptors (Lipinski definition) is 4. The summed E-state index contributed by atoms with van der Waals surface area (Å²) >= 11 is 0. The molecule has 2 rings (SSSR count). The average Bonchev–Trinajstić information content (AvgIpc) is 2.61. The van der Waals surface area contributed by atoms with E-state index in [-0.39, 0.29) is 12.3 Å². The Morgan fingerprint density at radius 3 is 2.30 bits per heavy atom. The third-order valence-electron chi connectivity index (χ3n) is 3.30. The molecule has 0 saturated heterocycles. The largest absolute Gasteiger partial charge is 0.497 e. The molecule has 0 saturated carbocycles. The minimum absolute atomic E-state index is 0.0595. The van der Waals surface area contributed by atoms with Gasteiger partial charge in [0.25, 0.3) is 0 Å². The maximum absolute atomic E-state index is 11.8. The molecule has 0 bridgehead atoms. The second-order valence-electron chi connectivity index (χ2n) is 4.87. The molecule has 0 heterocycles. The van der Waals surface area contributed by atoms with E-state index in [1.54, 1.807) is 14.2 Å². The number of hydrogen-bond donors (Lipinski definition) is 1. The summed E-state index contributed by atoms with van der Waals surface area (Å²) in [5, 5.41) is 2.86. The van der Waals surface area contributed by atoms with Crippen molar-refractivity contribution in [1.82, 2.24) is 5.32 Å². The van der Waals surface area contributed by atoms with Crippen molar-refractivity contribution >= 4 is 5.91 Å². The molecule has 122 valence electrons. The van der Waals surface area contributed by atoms with E-state index in [2.05, 4.69) is 5.32 Å². The lowest BCUT2D eigenvalue weighted by atomic mass is 10.2. The van der Waals surface area contributed by atoms with Gasteiger partial charge in [-0.15, -0.1) is 0 Å². The number of para-hydroxylation sites is 2. The summed E-state index contributed by atoms with van der Waals surface area (Å²) in [5.74, 6) is 2.03. The number of carbonyl (C=O) groups is 1. The highest BCUT2D eigenvalue weighted by atomic mass is 16.5. The highest BCUT2D eigenvalue weighted by Crippen LogP contribution is 2.25. The molecule has 5 nitrogen and oxygen atoms in total. The first-order chi connectivity index (χ1) is 11.2. The fourth-order valence-corrected chi connectivity index (χ4v) is 2.02. The highest BCUT2D eigenvalue weighted by Gasteiger charge is 2.05. The first kappa shape index (κ1) is 16.7. The Hall–Kier alpha value is -2.69.